The highest BCUT2D eigenvalue weighted by molar-refractivity contribution is 7.12. The second kappa shape index (κ2) is 6.70. The van der Waals surface area contributed by atoms with Crippen LogP contribution >= 0.6 is 11.3 Å². The molecule has 2 amide bonds. The third-order valence-corrected chi connectivity index (χ3v) is 4.22. The Morgan fingerprint density at radius 1 is 1.53 bits per heavy atom. The van der Waals surface area contributed by atoms with Gasteiger partial charge in [-0.1, -0.05) is 13.0 Å². The van der Waals surface area contributed by atoms with Crippen molar-refractivity contribution in [3.8, 4) is 0 Å². The standard InChI is InChI=1S/C14H20N2O2S/c1-2-7-15-13(17)11-5-3-8-16(10-11)14(18)12-6-4-9-19-12/h4,6,9,11H,2-3,5,7-8,10H2,1H3,(H,15,17)/t11-/m0/s1. The molecule has 1 saturated heterocycles. The van der Waals surface area contributed by atoms with Crippen LogP contribution < -0.4 is 5.32 Å². The Balaban J connectivity index is 1.93. The number of carbonyl (C=O) groups excluding carboxylic acids is 2. The molecule has 1 aromatic heterocycles. The van der Waals surface area contributed by atoms with E-state index in [2.05, 4.69) is 5.32 Å². The molecule has 0 radical (unpaired) electrons. The van der Waals surface area contributed by atoms with Gasteiger partial charge in [-0.25, -0.2) is 0 Å². The second-order valence-corrected chi connectivity index (χ2v) is 5.81. The minimum Gasteiger partial charge on any atom is -0.356 e. The van der Waals surface area contributed by atoms with Crippen LogP contribution in [0.5, 0.6) is 0 Å². The summed E-state index contributed by atoms with van der Waals surface area (Å²) < 4.78 is 0. The van der Waals surface area contributed by atoms with E-state index in [1.807, 2.05) is 29.3 Å². The fourth-order valence-corrected chi connectivity index (χ4v) is 3.02. The van der Waals surface area contributed by atoms with Crippen LogP contribution in [-0.2, 0) is 4.79 Å². The summed E-state index contributed by atoms with van der Waals surface area (Å²) in [5, 5.41) is 4.83. The molecule has 0 spiro atoms. The molecule has 1 fully saturated rings. The quantitative estimate of drug-likeness (QED) is 0.918. The smallest absolute Gasteiger partial charge is 0.263 e. The summed E-state index contributed by atoms with van der Waals surface area (Å²) in [7, 11) is 0. The van der Waals surface area contributed by atoms with Crippen molar-refractivity contribution in [3.63, 3.8) is 0 Å². The summed E-state index contributed by atoms with van der Waals surface area (Å²) in [5.41, 5.74) is 0. The Morgan fingerprint density at radius 2 is 2.37 bits per heavy atom. The van der Waals surface area contributed by atoms with Gasteiger partial charge in [0.15, 0.2) is 0 Å². The number of nitrogens with one attached hydrogen (secondary N) is 1. The van der Waals surface area contributed by atoms with E-state index < -0.39 is 0 Å². The van der Waals surface area contributed by atoms with Crippen LogP contribution in [0.25, 0.3) is 0 Å². The number of rotatable bonds is 4. The lowest BCUT2D eigenvalue weighted by Crippen LogP contribution is -2.45. The normalized spacial score (nSPS) is 19.2. The van der Waals surface area contributed by atoms with Crippen LogP contribution in [0.3, 0.4) is 0 Å². The van der Waals surface area contributed by atoms with E-state index in [4.69, 9.17) is 0 Å². The molecular weight excluding hydrogens is 260 g/mol. The maximum Gasteiger partial charge on any atom is 0.263 e. The number of piperidine rings is 1. The number of likely N-dealkylation sites (tertiary alicyclic amines) is 1. The van der Waals surface area contributed by atoms with Crippen molar-refractivity contribution < 1.29 is 9.59 Å². The van der Waals surface area contributed by atoms with Gasteiger partial charge in [0.25, 0.3) is 5.91 Å². The maximum absolute atomic E-state index is 12.2. The number of hydrogen-bond donors (Lipinski definition) is 1. The van der Waals surface area contributed by atoms with Crippen LogP contribution in [0.4, 0.5) is 0 Å². The van der Waals surface area contributed by atoms with Crippen molar-refractivity contribution >= 4 is 23.2 Å². The summed E-state index contributed by atoms with van der Waals surface area (Å²) in [5.74, 6) is 0.0951. The molecule has 4 nitrogen and oxygen atoms in total. The summed E-state index contributed by atoms with van der Waals surface area (Å²) >= 11 is 1.46. The molecule has 1 aromatic rings. The average Bonchev–Trinajstić information content (AvgIpc) is 2.98. The van der Waals surface area contributed by atoms with Gasteiger partial charge in [-0.2, -0.15) is 0 Å². The van der Waals surface area contributed by atoms with Crippen molar-refractivity contribution in [1.82, 2.24) is 10.2 Å². The SMILES string of the molecule is CCCNC(=O)[C@H]1CCCN(C(=O)c2cccs2)C1. The molecule has 1 aliphatic rings. The summed E-state index contributed by atoms with van der Waals surface area (Å²) in [6.07, 6.45) is 2.72. The first kappa shape index (κ1) is 14.1. The molecule has 0 aliphatic carbocycles. The highest BCUT2D eigenvalue weighted by Gasteiger charge is 2.28. The molecule has 0 saturated carbocycles. The van der Waals surface area contributed by atoms with Gasteiger partial charge in [-0.05, 0) is 30.7 Å². The summed E-state index contributed by atoms with van der Waals surface area (Å²) in [6.45, 7) is 4.06. The Labute approximate surface area is 117 Å². The molecule has 1 atom stereocenters. The number of amides is 2. The Hall–Kier alpha value is -1.36. The summed E-state index contributed by atoms with van der Waals surface area (Å²) in [4.78, 5) is 26.8. The van der Waals surface area contributed by atoms with Gasteiger partial charge >= 0.3 is 0 Å². The lowest BCUT2D eigenvalue weighted by Gasteiger charge is -2.31. The molecule has 2 rings (SSSR count). The molecule has 0 unspecified atom stereocenters. The van der Waals surface area contributed by atoms with Gasteiger partial charge < -0.3 is 10.2 Å². The molecule has 19 heavy (non-hydrogen) atoms. The van der Waals surface area contributed by atoms with Crippen LogP contribution in [0, 0.1) is 5.92 Å². The first-order chi connectivity index (χ1) is 9.22. The zero-order chi connectivity index (χ0) is 13.7. The largest absolute Gasteiger partial charge is 0.356 e. The zero-order valence-corrected chi connectivity index (χ0v) is 12.0. The van der Waals surface area contributed by atoms with E-state index in [1.165, 1.54) is 11.3 Å². The molecular formula is C14H20N2O2S. The van der Waals surface area contributed by atoms with Gasteiger partial charge in [0.2, 0.25) is 5.91 Å². The topological polar surface area (TPSA) is 49.4 Å². The van der Waals surface area contributed by atoms with Gasteiger partial charge in [0, 0.05) is 19.6 Å². The fourth-order valence-electron chi connectivity index (χ4n) is 2.32. The minimum atomic E-state index is -0.0517. The molecule has 104 valence electrons. The first-order valence-corrected chi connectivity index (χ1v) is 7.70. The van der Waals surface area contributed by atoms with E-state index in [0.29, 0.717) is 13.1 Å². The molecule has 0 bridgehead atoms. The second-order valence-electron chi connectivity index (χ2n) is 4.86. The lowest BCUT2D eigenvalue weighted by atomic mass is 9.97. The first-order valence-electron chi connectivity index (χ1n) is 6.83. The number of nitrogens with zero attached hydrogens (tertiary/aromatic N) is 1. The van der Waals surface area contributed by atoms with E-state index >= 15 is 0 Å². The molecule has 1 N–H and O–H groups in total. The van der Waals surface area contributed by atoms with Gasteiger partial charge in [-0.3, -0.25) is 9.59 Å². The predicted molar refractivity (Wildman–Crippen MR) is 76.2 cm³/mol. The van der Waals surface area contributed by atoms with E-state index in [-0.39, 0.29) is 17.7 Å². The van der Waals surface area contributed by atoms with Gasteiger partial charge in [-0.15, -0.1) is 11.3 Å². The van der Waals surface area contributed by atoms with E-state index in [0.717, 1.165) is 30.7 Å². The highest BCUT2D eigenvalue weighted by atomic mass is 32.1. The van der Waals surface area contributed by atoms with Gasteiger partial charge in [0.05, 0.1) is 10.8 Å². The Morgan fingerprint density at radius 3 is 3.05 bits per heavy atom. The predicted octanol–water partition coefficient (Wildman–Crippen LogP) is 2.13. The lowest BCUT2D eigenvalue weighted by molar-refractivity contribution is -0.126. The van der Waals surface area contributed by atoms with Crippen LogP contribution in [0.2, 0.25) is 0 Å². The van der Waals surface area contributed by atoms with Crippen molar-refractivity contribution in [2.24, 2.45) is 5.92 Å². The fraction of sp³-hybridized carbons (Fsp3) is 0.571. The van der Waals surface area contributed by atoms with Crippen molar-refractivity contribution in [1.29, 1.82) is 0 Å². The summed E-state index contributed by atoms with van der Waals surface area (Å²) in [6, 6.07) is 3.72. The van der Waals surface area contributed by atoms with Crippen LogP contribution in [-0.4, -0.2) is 36.3 Å². The molecule has 1 aliphatic heterocycles. The zero-order valence-electron chi connectivity index (χ0n) is 11.2. The number of thiophene rings is 1. The van der Waals surface area contributed by atoms with Crippen LogP contribution in [0.1, 0.15) is 35.9 Å². The highest BCUT2D eigenvalue weighted by Crippen LogP contribution is 2.20. The maximum atomic E-state index is 12.2. The average molecular weight is 280 g/mol. The van der Waals surface area contributed by atoms with E-state index in [1.54, 1.807) is 0 Å². The van der Waals surface area contributed by atoms with Crippen molar-refractivity contribution in [2.45, 2.75) is 26.2 Å². The third kappa shape index (κ3) is 3.56. The van der Waals surface area contributed by atoms with Gasteiger partial charge in [0.1, 0.15) is 0 Å². The number of carbonyl (C=O) groups is 2. The molecule has 5 heteroatoms. The molecule has 0 aromatic carbocycles. The minimum absolute atomic E-state index is 0.0517. The Bertz CT molecular complexity index is 431. The third-order valence-electron chi connectivity index (χ3n) is 3.36. The van der Waals surface area contributed by atoms with Crippen molar-refractivity contribution in [2.75, 3.05) is 19.6 Å². The monoisotopic (exact) mass is 280 g/mol. The number of hydrogen-bond acceptors (Lipinski definition) is 3. The van der Waals surface area contributed by atoms with Crippen LogP contribution in [0.15, 0.2) is 17.5 Å². The molecule has 2 heterocycles. The van der Waals surface area contributed by atoms with E-state index in [9.17, 15) is 9.59 Å². The Kier molecular flexibility index (Phi) is 4.96. The van der Waals surface area contributed by atoms with Crippen molar-refractivity contribution in [3.05, 3.63) is 22.4 Å².